The summed E-state index contributed by atoms with van der Waals surface area (Å²) in [5.41, 5.74) is 3.27. The number of carbonyl (C=O) groups is 1. The Labute approximate surface area is 178 Å². The Bertz CT molecular complexity index is 997. The molecule has 3 aromatic rings. The first-order chi connectivity index (χ1) is 14.1. The van der Waals surface area contributed by atoms with Gasteiger partial charge in [0.25, 0.3) is 0 Å². The molecule has 0 unspecified atom stereocenters. The highest BCUT2D eigenvalue weighted by molar-refractivity contribution is 5.94. The first-order valence-electron chi connectivity index (χ1n) is 10.2. The fraction of sp³-hybridized carbons (Fsp3) is 0.375. The predicted octanol–water partition coefficient (Wildman–Crippen LogP) is 5.26. The first kappa shape index (κ1) is 21.6. The molecule has 0 aliphatic carbocycles. The molecule has 0 aliphatic heterocycles. The second-order valence-corrected chi connectivity index (χ2v) is 8.95. The molecule has 30 heavy (non-hydrogen) atoms. The maximum atomic E-state index is 12.2. The van der Waals surface area contributed by atoms with Crippen LogP contribution in [0.4, 0.5) is 5.69 Å². The van der Waals surface area contributed by atoms with Crippen LogP contribution in [0.25, 0.3) is 17.1 Å². The molecule has 3 rings (SSSR count). The number of rotatable bonds is 6. The molecule has 0 fully saturated rings. The van der Waals surface area contributed by atoms with E-state index in [4.69, 9.17) is 4.74 Å². The summed E-state index contributed by atoms with van der Waals surface area (Å²) in [6.45, 7) is 12.4. The lowest BCUT2D eigenvalue weighted by atomic mass is 9.95. The largest absolute Gasteiger partial charge is 0.462 e. The van der Waals surface area contributed by atoms with Gasteiger partial charge >= 0.3 is 6.01 Å². The van der Waals surface area contributed by atoms with Crippen molar-refractivity contribution < 1.29 is 9.53 Å². The van der Waals surface area contributed by atoms with Crippen molar-refractivity contribution in [3.05, 3.63) is 54.1 Å². The molecule has 1 heterocycles. The van der Waals surface area contributed by atoms with E-state index in [2.05, 4.69) is 36.2 Å². The van der Waals surface area contributed by atoms with E-state index in [0.29, 0.717) is 24.4 Å². The second kappa shape index (κ2) is 8.69. The summed E-state index contributed by atoms with van der Waals surface area (Å²) in [6, 6.07) is 16.1. The normalized spacial score (nSPS) is 11.6. The van der Waals surface area contributed by atoms with Crippen molar-refractivity contribution in [2.24, 2.45) is 11.3 Å². The zero-order chi connectivity index (χ0) is 21.9. The number of amides is 1. The Hall–Kier alpha value is -3.15. The quantitative estimate of drug-likeness (QED) is 0.606. The van der Waals surface area contributed by atoms with Crippen molar-refractivity contribution in [2.75, 3.05) is 11.9 Å². The van der Waals surface area contributed by atoms with Crippen molar-refractivity contribution in [3.63, 3.8) is 0 Å². The first-order valence-corrected chi connectivity index (χ1v) is 10.2. The van der Waals surface area contributed by atoms with Crippen LogP contribution < -0.4 is 10.1 Å². The molecule has 0 saturated heterocycles. The lowest BCUT2D eigenvalue weighted by Crippen LogP contribution is -2.27. The molecular weight excluding hydrogens is 376 g/mol. The SMILES string of the molecule is Cc1ccc(-c2nc(OCC(C)C)nn2-c2ccc(NC(=O)C(C)(C)C)cc2)cc1. The third-order valence-electron chi connectivity index (χ3n) is 4.49. The average Bonchev–Trinajstić information content (AvgIpc) is 3.11. The summed E-state index contributed by atoms with van der Waals surface area (Å²) in [5, 5.41) is 7.52. The molecule has 6 heteroatoms. The number of aromatic nitrogens is 3. The number of carbonyl (C=O) groups excluding carboxylic acids is 1. The lowest BCUT2D eigenvalue weighted by Gasteiger charge is -2.17. The van der Waals surface area contributed by atoms with E-state index in [1.807, 2.05) is 69.3 Å². The third-order valence-corrected chi connectivity index (χ3v) is 4.49. The topological polar surface area (TPSA) is 69.0 Å². The molecule has 0 aliphatic rings. The Balaban J connectivity index is 1.93. The van der Waals surface area contributed by atoms with Crippen LogP contribution >= 0.6 is 0 Å². The van der Waals surface area contributed by atoms with Crippen LogP contribution in [0.15, 0.2) is 48.5 Å². The van der Waals surface area contributed by atoms with Gasteiger partial charge in [0.2, 0.25) is 5.91 Å². The highest BCUT2D eigenvalue weighted by Gasteiger charge is 2.21. The van der Waals surface area contributed by atoms with E-state index in [0.717, 1.165) is 16.9 Å². The van der Waals surface area contributed by atoms with Crippen LogP contribution in [-0.4, -0.2) is 27.3 Å². The van der Waals surface area contributed by atoms with Crippen LogP contribution in [0.5, 0.6) is 6.01 Å². The Morgan fingerprint density at radius 3 is 2.27 bits per heavy atom. The molecule has 2 aromatic carbocycles. The number of benzene rings is 2. The van der Waals surface area contributed by atoms with E-state index < -0.39 is 5.41 Å². The minimum absolute atomic E-state index is 0.0271. The number of hydrogen-bond donors (Lipinski definition) is 1. The van der Waals surface area contributed by atoms with E-state index in [1.54, 1.807) is 4.68 Å². The van der Waals surface area contributed by atoms with Crippen molar-refractivity contribution in [2.45, 2.75) is 41.5 Å². The molecule has 1 N–H and O–H groups in total. The van der Waals surface area contributed by atoms with E-state index in [1.165, 1.54) is 5.56 Å². The zero-order valence-electron chi connectivity index (χ0n) is 18.6. The third kappa shape index (κ3) is 5.26. The van der Waals surface area contributed by atoms with Crippen molar-refractivity contribution in [1.82, 2.24) is 14.8 Å². The van der Waals surface area contributed by atoms with Crippen molar-refractivity contribution >= 4 is 11.6 Å². The average molecular weight is 407 g/mol. The van der Waals surface area contributed by atoms with Crippen LogP contribution in [0, 0.1) is 18.3 Å². The highest BCUT2D eigenvalue weighted by Crippen LogP contribution is 2.25. The van der Waals surface area contributed by atoms with E-state index in [9.17, 15) is 4.79 Å². The minimum atomic E-state index is -0.453. The molecule has 158 valence electrons. The predicted molar refractivity (Wildman–Crippen MR) is 120 cm³/mol. The van der Waals surface area contributed by atoms with E-state index >= 15 is 0 Å². The summed E-state index contributed by atoms with van der Waals surface area (Å²) in [4.78, 5) is 16.9. The Morgan fingerprint density at radius 1 is 1.07 bits per heavy atom. The standard InChI is InChI=1S/C24H30N4O2/c1-16(2)15-30-23-26-21(18-9-7-17(3)8-10-18)28(27-23)20-13-11-19(12-14-20)25-22(29)24(4,5)6/h7-14,16H,15H2,1-6H3,(H,25,29). The van der Waals surface area contributed by atoms with Gasteiger partial charge < -0.3 is 10.1 Å². The molecule has 6 nitrogen and oxygen atoms in total. The zero-order valence-corrected chi connectivity index (χ0v) is 18.6. The summed E-state index contributed by atoms with van der Waals surface area (Å²) >= 11 is 0. The molecule has 1 aromatic heterocycles. The number of hydrogen-bond acceptors (Lipinski definition) is 4. The summed E-state index contributed by atoms with van der Waals surface area (Å²) < 4.78 is 7.54. The van der Waals surface area contributed by atoms with Crippen LogP contribution in [0.1, 0.15) is 40.2 Å². The maximum absolute atomic E-state index is 12.2. The fourth-order valence-electron chi connectivity index (χ4n) is 2.67. The second-order valence-electron chi connectivity index (χ2n) is 8.95. The van der Waals surface area contributed by atoms with Gasteiger partial charge in [-0.2, -0.15) is 4.98 Å². The number of aryl methyl sites for hydroxylation is 1. The number of nitrogens with zero attached hydrogens (tertiary/aromatic N) is 3. The van der Waals surface area contributed by atoms with Gasteiger partial charge in [-0.3, -0.25) is 4.79 Å². The van der Waals surface area contributed by atoms with Gasteiger partial charge in [-0.15, -0.1) is 5.10 Å². The molecule has 1 amide bonds. The monoisotopic (exact) mass is 406 g/mol. The number of nitrogens with one attached hydrogen (secondary N) is 1. The van der Waals surface area contributed by atoms with Gasteiger partial charge in [0, 0.05) is 16.7 Å². The Kier molecular flexibility index (Phi) is 6.25. The van der Waals surface area contributed by atoms with Crippen molar-refractivity contribution in [1.29, 1.82) is 0 Å². The lowest BCUT2D eigenvalue weighted by molar-refractivity contribution is -0.123. The van der Waals surface area contributed by atoms with Gasteiger partial charge in [0.15, 0.2) is 5.82 Å². The number of anilines is 1. The molecular formula is C24H30N4O2. The summed E-state index contributed by atoms with van der Waals surface area (Å²) in [5.74, 6) is 1.06. The minimum Gasteiger partial charge on any atom is -0.462 e. The maximum Gasteiger partial charge on any atom is 0.336 e. The smallest absolute Gasteiger partial charge is 0.336 e. The van der Waals surface area contributed by atoms with Gasteiger partial charge in [-0.05, 0) is 37.1 Å². The molecule has 0 atom stereocenters. The molecule has 0 saturated carbocycles. The van der Waals surface area contributed by atoms with Gasteiger partial charge in [0.1, 0.15) is 0 Å². The van der Waals surface area contributed by atoms with Crippen LogP contribution in [0.3, 0.4) is 0 Å². The molecule has 0 spiro atoms. The van der Waals surface area contributed by atoms with Crippen LogP contribution in [-0.2, 0) is 4.79 Å². The molecule has 0 bridgehead atoms. The van der Waals surface area contributed by atoms with Gasteiger partial charge in [-0.1, -0.05) is 64.4 Å². The van der Waals surface area contributed by atoms with Crippen LogP contribution in [0.2, 0.25) is 0 Å². The van der Waals surface area contributed by atoms with Gasteiger partial charge in [0.05, 0.1) is 12.3 Å². The Morgan fingerprint density at radius 2 is 1.70 bits per heavy atom. The molecule has 0 radical (unpaired) electrons. The van der Waals surface area contributed by atoms with Gasteiger partial charge in [-0.25, -0.2) is 4.68 Å². The van der Waals surface area contributed by atoms with E-state index in [-0.39, 0.29) is 5.91 Å². The number of ether oxygens (including phenoxy) is 1. The summed E-state index contributed by atoms with van der Waals surface area (Å²) in [6.07, 6.45) is 0. The fourth-order valence-corrected chi connectivity index (χ4v) is 2.67. The van der Waals surface area contributed by atoms with Crippen molar-refractivity contribution in [3.8, 4) is 23.1 Å². The summed E-state index contributed by atoms with van der Waals surface area (Å²) in [7, 11) is 0. The highest BCUT2D eigenvalue weighted by atomic mass is 16.5.